The summed E-state index contributed by atoms with van der Waals surface area (Å²) in [5.74, 6) is 0. The summed E-state index contributed by atoms with van der Waals surface area (Å²) in [6, 6.07) is 6.20. The molecular weight excluding hydrogens is 263 g/mol. The molecule has 1 aromatic rings. The van der Waals surface area contributed by atoms with Crippen LogP contribution in [0.1, 0.15) is 24.0 Å². The molecule has 1 aromatic carbocycles. The standard InChI is InChI=1S/C10H11IO/c1-7-2-3-8(6-9(7)11)10(12)4-5-10/h2-3,6,12H,4-5H2,1H3. The van der Waals surface area contributed by atoms with Crippen LogP contribution in [0.4, 0.5) is 0 Å². The van der Waals surface area contributed by atoms with Crippen molar-refractivity contribution in [2.75, 3.05) is 0 Å². The summed E-state index contributed by atoms with van der Waals surface area (Å²) in [5, 5.41) is 9.81. The number of benzene rings is 1. The highest BCUT2D eigenvalue weighted by Gasteiger charge is 2.42. The molecule has 2 heteroatoms. The van der Waals surface area contributed by atoms with Crippen LogP contribution in [-0.2, 0) is 5.60 Å². The fourth-order valence-corrected chi connectivity index (χ4v) is 1.80. The zero-order chi connectivity index (χ0) is 8.77. The van der Waals surface area contributed by atoms with E-state index in [1.807, 2.05) is 6.07 Å². The Balaban J connectivity index is 2.41. The molecule has 64 valence electrons. The second-order valence-corrected chi connectivity index (χ2v) is 4.66. The first-order valence-corrected chi connectivity index (χ1v) is 5.19. The van der Waals surface area contributed by atoms with E-state index in [-0.39, 0.29) is 0 Å². The van der Waals surface area contributed by atoms with Gasteiger partial charge in [0.2, 0.25) is 0 Å². The van der Waals surface area contributed by atoms with Crippen LogP contribution in [0.25, 0.3) is 0 Å². The summed E-state index contributed by atoms with van der Waals surface area (Å²) in [7, 11) is 0. The summed E-state index contributed by atoms with van der Waals surface area (Å²) >= 11 is 2.31. The van der Waals surface area contributed by atoms with E-state index < -0.39 is 5.60 Å². The van der Waals surface area contributed by atoms with E-state index in [0.717, 1.165) is 18.4 Å². The van der Waals surface area contributed by atoms with Crippen LogP contribution in [0.3, 0.4) is 0 Å². The van der Waals surface area contributed by atoms with Crippen molar-refractivity contribution in [1.82, 2.24) is 0 Å². The van der Waals surface area contributed by atoms with Gasteiger partial charge in [-0.15, -0.1) is 0 Å². The van der Waals surface area contributed by atoms with E-state index in [0.29, 0.717) is 0 Å². The van der Waals surface area contributed by atoms with E-state index in [2.05, 4.69) is 41.6 Å². The first-order valence-electron chi connectivity index (χ1n) is 4.11. The van der Waals surface area contributed by atoms with Crippen LogP contribution in [0.5, 0.6) is 0 Å². The van der Waals surface area contributed by atoms with Crippen molar-refractivity contribution in [3.63, 3.8) is 0 Å². The summed E-state index contributed by atoms with van der Waals surface area (Å²) in [6.45, 7) is 2.09. The van der Waals surface area contributed by atoms with Crippen molar-refractivity contribution < 1.29 is 5.11 Å². The minimum absolute atomic E-state index is 0.479. The zero-order valence-corrected chi connectivity index (χ0v) is 9.13. The maximum absolute atomic E-state index is 9.81. The molecule has 1 aliphatic rings. The van der Waals surface area contributed by atoms with Gasteiger partial charge < -0.3 is 5.11 Å². The molecule has 0 bridgehead atoms. The largest absolute Gasteiger partial charge is 0.385 e. The number of hydrogen-bond donors (Lipinski definition) is 1. The fraction of sp³-hybridized carbons (Fsp3) is 0.400. The van der Waals surface area contributed by atoms with Crippen molar-refractivity contribution in [3.05, 3.63) is 32.9 Å². The average molecular weight is 274 g/mol. The van der Waals surface area contributed by atoms with Gasteiger partial charge in [-0.1, -0.05) is 12.1 Å². The number of aryl methyl sites for hydroxylation is 1. The highest BCUT2D eigenvalue weighted by atomic mass is 127. The molecule has 0 atom stereocenters. The summed E-state index contributed by atoms with van der Waals surface area (Å²) < 4.78 is 1.24. The SMILES string of the molecule is Cc1ccc(C2(O)CC2)cc1I. The Kier molecular flexibility index (Phi) is 1.92. The van der Waals surface area contributed by atoms with Gasteiger partial charge in [-0.25, -0.2) is 0 Å². The maximum Gasteiger partial charge on any atom is 0.0899 e. The molecule has 0 spiro atoms. The molecule has 0 radical (unpaired) electrons. The van der Waals surface area contributed by atoms with Crippen LogP contribution >= 0.6 is 22.6 Å². The Bertz CT molecular complexity index is 316. The van der Waals surface area contributed by atoms with Gasteiger partial charge in [0.05, 0.1) is 5.60 Å². The second-order valence-electron chi connectivity index (χ2n) is 3.50. The third-order valence-electron chi connectivity index (χ3n) is 2.43. The quantitative estimate of drug-likeness (QED) is 0.780. The smallest absolute Gasteiger partial charge is 0.0899 e. The second kappa shape index (κ2) is 2.70. The Morgan fingerprint density at radius 2 is 2.08 bits per heavy atom. The van der Waals surface area contributed by atoms with Gasteiger partial charge in [0, 0.05) is 3.57 Å². The molecule has 1 aliphatic carbocycles. The molecule has 0 aromatic heterocycles. The highest BCUT2D eigenvalue weighted by molar-refractivity contribution is 14.1. The van der Waals surface area contributed by atoms with Gasteiger partial charge in [-0.2, -0.15) is 0 Å². The van der Waals surface area contributed by atoms with Gasteiger partial charge in [0.15, 0.2) is 0 Å². The zero-order valence-electron chi connectivity index (χ0n) is 6.97. The highest BCUT2D eigenvalue weighted by Crippen LogP contribution is 2.45. The average Bonchev–Trinajstić information content (AvgIpc) is 2.75. The third kappa shape index (κ3) is 1.38. The molecule has 0 unspecified atom stereocenters. The van der Waals surface area contributed by atoms with Crippen LogP contribution < -0.4 is 0 Å². The van der Waals surface area contributed by atoms with E-state index in [9.17, 15) is 5.11 Å². The van der Waals surface area contributed by atoms with E-state index in [1.165, 1.54) is 9.13 Å². The fourth-order valence-electron chi connectivity index (χ4n) is 1.29. The molecule has 0 saturated heterocycles. The maximum atomic E-state index is 9.81. The Labute approximate surface area is 85.9 Å². The van der Waals surface area contributed by atoms with Gasteiger partial charge in [0.1, 0.15) is 0 Å². The predicted molar refractivity (Wildman–Crippen MR) is 57.0 cm³/mol. The lowest BCUT2D eigenvalue weighted by molar-refractivity contribution is 0.151. The minimum Gasteiger partial charge on any atom is -0.385 e. The number of rotatable bonds is 1. The lowest BCUT2D eigenvalue weighted by Crippen LogP contribution is -2.04. The number of halogens is 1. The molecule has 0 amide bonds. The van der Waals surface area contributed by atoms with Crippen LogP contribution in [0.15, 0.2) is 18.2 Å². The van der Waals surface area contributed by atoms with Crippen molar-refractivity contribution in [2.24, 2.45) is 0 Å². The molecule has 2 rings (SSSR count). The van der Waals surface area contributed by atoms with Crippen LogP contribution in [0.2, 0.25) is 0 Å². The topological polar surface area (TPSA) is 20.2 Å². The van der Waals surface area contributed by atoms with Crippen molar-refractivity contribution in [2.45, 2.75) is 25.4 Å². The van der Waals surface area contributed by atoms with Crippen molar-refractivity contribution in [1.29, 1.82) is 0 Å². The molecule has 0 heterocycles. The minimum atomic E-state index is -0.479. The van der Waals surface area contributed by atoms with Crippen molar-refractivity contribution in [3.8, 4) is 0 Å². The van der Waals surface area contributed by atoms with Gasteiger partial charge >= 0.3 is 0 Å². The molecule has 1 fully saturated rings. The van der Waals surface area contributed by atoms with E-state index >= 15 is 0 Å². The first kappa shape index (κ1) is 8.51. The van der Waals surface area contributed by atoms with E-state index in [4.69, 9.17) is 0 Å². The molecule has 0 aliphatic heterocycles. The van der Waals surface area contributed by atoms with Gasteiger partial charge in [-0.05, 0) is 59.5 Å². The Hall–Kier alpha value is -0.0900. The van der Waals surface area contributed by atoms with Gasteiger partial charge in [-0.3, -0.25) is 0 Å². The Morgan fingerprint density at radius 1 is 1.42 bits per heavy atom. The molecule has 12 heavy (non-hydrogen) atoms. The molecule has 1 N–H and O–H groups in total. The predicted octanol–water partition coefficient (Wildman–Crippen LogP) is 2.58. The lowest BCUT2D eigenvalue weighted by Gasteiger charge is -2.09. The molecular formula is C10H11IO. The summed E-state index contributed by atoms with van der Waals surface area (Å²) in [5.41, 5.74) is 1.88. The lowest BCUT2D eigenvalue weighted by atomic mass is 10.1. The number of aliphatic hydroxyl groups is 1. The van der Waals surface area contributed by atoms with Crippen molar-refractivity contribution >= 4 is 22.6 Å². The normalized spacial score (nSPS) is 19.2. The number of hydrogen-bond acceptors (Lipinski definition) is 1. The Morgan fingerprint density at radius 3 is 2.58 bits per heavy atom. The summed E-state index contributed by atoms with van der Waals surface area (Å²) in [6.07, 6.45) is 1.85. The van der Waals surface area contributed by atoms with E-state index in [1.54, 1.807) is 0 Å². The molecule has 1 nitrogen and oxygen atoms in total. The van der Waals surface area contributed by atoms with Crippen LogP contribution in [-0.4, -0.2) is 5.11 Å². The monoisotopic (exact) mass is 274 g/mol. The van der Waals surface area contributed by atoms with Gasteiger partial charge in [0.25, 0.3) is 0 Å². The molecule has 1 saturated carbocycles. The first-order chi connectivity index (χ1) is 5.62. The van der Waals surface area contributed by atoms with Crippen LogP contribution in [0, 0.1) is 10.5 Å². The third-order valence-corrected chi connectivity index (χ3v) is 3.59. The summed E-state index contributed by atoms with van der Waals surface area (Å²) in [4.78, 5) is 0.